The summed E-state index contributed by atoms with van der Waals surface area (Å²) in [5.74, 6) is 1.80. The molecule has 0 spiro atoms. The molecule has 26 heavy (non-hydrogen) atoms. The number of nitrogens with one attached hydrogen (secondary N) is 1. The minimum Gasteiger partial charge on any atom is -0.493 e. The van der Waals surface area contributed by atoms with Crippen molar-refractivity contribution in [3.8, 4) is 17.0 Å². The zero-order valence-electron chi connectivity index (χ0n) is 15.6. The average molecular weight is 356 g/mol. The predicted octanol–water partition coefficient (Wildman–Crippen LogP) is 2.81. The Bertz CT molecular complexity index is 730. The predicted molar refractivity (Wildman–Crippen MR) is 103 cm³/mol. The highest BCUT2D eigenvalue weighted by Gasteiger charge is 2.15. The van der Waals surface area contributed by atoms with E-state index < -0.39 is 0 Å². The molecule has 2 heterocycles. The lowest BCUT2D eigenvalue weighted by Crippen LogP contribution is -2.30. The van der Waals surface area contributed by atoms with Gasteiger partial charge in [0.1, 0.15) is 5.75 Å². The quantitative estimate of drug-likeness (QED) is 0.794. The molecule has 0 radical (unpaired) electrons. The third-order valence-electron chi connectivity index (χ3n) is 4.75. The fourth-order valence-electron chi connectivity index (χ4n) is 3.25. The number of ether oxygens (including phenoxy) is 2. The van der Waals surface area contributed by atoms with Gasteiger partial charge in [0.25, 0.3) is 0 Å². The largest absolute Gasteiger partial charge is 0.493 e. The highest BCUT2D eigenvalue weighted by Crippen LogP contribution is 2.28. The highest BCUT2D eigenvalue weighted by molar-refractivity contribution is 5.63. The number of rotatable bonds is 7. The van der Waals surface area contributed by atoms with Crippen LogP contribution in [-0.4, -0.2) is 36.8 Å². The number of benzene rings is 1. The van der Waals surface area contributed by atoms with E-state index in [1.54, 1.807) is 7.11 Å². The second-order valence-electron chi connectivity index (χ2n) is 6.72. The van der Waals surface area contributed by atoms with Gasteiger partial charge in [0, 0.05) is 23.9 Å². The number of methoxy groups -OCH3 is 1. The van der Waals surface area contributed by atoms with Crippen LogP contribution in [0.15, 0.2) is 24.3 Å². The SMILES string of the molecule is CCc1cc(-c2ccc(OCC3CCNCC3)c(COC)c2)nc(N)n1. The first-order chi connectivity index (χ1) is 12.7. The summed E-state index contributed by atoms with van der Waals surface area (Å²) in [6, 6.07) is 8.09. The van der Waals surface area contributed by atoms with Gasteiger partial charge in [-0.1, -0.05) is 6.92 Å². The molecule has 0 saturated carbocycles. The van der Waals surface area contributed by atoms with Crippen LogP contribution in [0.4, 0.5) is 5.95 Å². The molecule has 6 nitrogen and oxygen atoms in total. The monoisotopic (exact) mass is 356 g/mol. The summed E-state index contributed by atoms with van der Waals surface area (Å²) < 4.78 is 11.5. The first kappa shape index (κ1) is 18.6. The summed E-state index contributed by atoms with van der Waals surface area (Å²) in [7, 11) is 1.70. The van der Waals surface area contributed by atoms with Gasteiger partial charge in [-0.3, -0.25) is 0 Å². The number of piperidine rings is 1. The van der Waals surface area contributed by atoms with Gasteiger partial charge in [0.2, 0.25) is 5.95 Å². The van der Waals surface area contributed by atoms with Crippen LogP contribution in [-0.2, 0) is 17.8 Å². The lowest BCUT2D eigenvalue weighted by molar-refractivity contribution is 0.173. The molecule has 6 heteroatoms. The van der Waals surface area contributed by atoms with E-state index in [4.69, 9.17) is 15.2 Å². The van der Waals surface area contributed by atoms with Gasteiger partial charge in [-0.05, 0) is 62.5 Å². The second-order valence-corrected chi connectivity index (χ2v) is 6.72. The summed E-state index contributed by atoms with van der Waals surface area (Å²) in [6.07, 6.45) is 3.15. The molecule has 0 unspecified atom stereocenters. The lowest BCUT2D eigenvalue weighted by atomic mass is 9.99. The van der Waals surface area contributed by atoms with E-state index >= 15 is 0 Å². The molecule has 2 aromatic rings. The summed E-state index contributed by atoms with van der Waals surface area (Å²) >= 11 is 0. The third-order valence-corrected chi connectivity index (χ3v) is 4.75. The number of aromatic nitrogens is 2. The molecular formula is C20H28N4O2. The molecule has 0 atom stereocenters. The molecule has 1 aliphatic rings. The topological polar surface area (TPSA) is 82.3 Å². The van der Waals surface area contributed by atoms with Gasteiger partial charge in [-0.15, -0.1) is 0 Å². The molecule has 3 N–H and O–H groups in total. The van der Waals surface area contributed by atoms with Gasteiger partial charge < -0.3 is 20.5 Å². The van der Waals surface area contributed by atoms with E-state index in [-0.39, 0.29) is 0 Å². The first-order valence-corrected chi connectivity index (χ1v) is 9.28. The Morgan fingerprint density at radius 3 is 2.73 bits per heavy atom. The van der Waals surface area contributed by atoms with Crippen LogP contribution < -0.4 is 15.8 Å². The number of nitrogen functional groups attached to an aromatic ring is 1. The van der Waals surface area contributed by atoms with E-state index in [9.17, 15) is 0 Å². The summed E-state index contributed by atoms with van der Waals surface area (Å²) in [4.78, 5) is 8.63. The molecule has 0 amide bonds. The van der Waals surface area contributed by atoms with Crippen molar-refractivity contribution < 1.29 is 9.47 Å². The summed E-state index contributed by atoms with van der Waals surface area (Å²) in [6.45, 7) is 5.45. The lowest BCUT2D eigenvalue weighted by Gasteiger charge is -2.23. The molecule has 1 saturated heterocycles. The van der Waals surface area contributed by atoms with Crippen molar-refractivity contribution in [3.05, 3.63) is 35.5 Å². The van der Waals surface area contributed by atoms with E-state index in [1.165, 1.54) is 0 Å². The Hall–Kier alpha value is -2.18. The second kappa shape index (κ2) is 8.96. The zero-order valence-corrected chi connectivity index (χ0v) is 15.6. The number of hydrogen-bond acceptors (Lipinski definition) is 6. The molecule has 1 aromatic carbocycles. The Labute approximate surface area is 155 Å². The van der Waals surface area contributed by atoms with Crippen molar-refractivity contribution in [1.29, 1.82) is 0 Å². The number of aryl methyl sites for hydroxylation is 1. The van der Waals surface area contributed by atoms with Gasteiger partial charge in [0.15, 0.2) is 0 Å². The van der Waals surface area contributed by atoms with Crippen LogP contribution in [0.2, 0.25) is 0 Å². The number of hydrogen-bond donors (Lipinski definition) is 2. The number of nitrogens with two attached hydrogens (primary N) is 1. The van der Waals surface area contributed by atoms with Crippen LogP contribution in [0.1, 0.15) is 31.0 Å². The molecule has 1 aliphatic heterocycles. The Balaban J connectivity index is 1.80. The normalized spacial score (nSPS) is 15.2. The number of anilines is 1. The Kier molecular flexibility index (Phi) is 6.41. The molecular weight excluding hydrogens is 328 g/mol. The van der Waals surface area contributed by atoms with Crippen molar-refractivity contribution in [2.75, 3.05) is 32.5 Å². The van der Waals surface area contributed by atoms with Crippen molar-refractivity contribution >= 4 is 5.95 Å². The summed E-state index contributed by atoms with van der Waals surface area (Å²) in [5.41, 5.74) is 9.64. The molecule has 1 aromatic heterocycles. The van der Waals surface area contributed by atoms with Crippen LogP contribution in [0.5, 0.6) is 5.75 Å². The maximum Gasteiger partial charge on any atom is 0.220 e. The van der Waals surface area contributed by atoms with Crippen LogP contribution >= 0.6 is 0 Å². The minimum atomic E-state index is 0.305. The van der Waals surface area contributed by atoms with E-state index in [0.29, 0.717) is 18.5 Å². The molecule has 3 rings (SSSR count). The van der Waals surface area contributed by atoms with Gasteiger partial charge in [0.05, 0.1) is 18.9 Å². The van der Waals surface area contributed by atoms with Gasteiger partial charge >= 0.3 is 0 Å². The van der Waals surface area contributed by atoms with Gasteiger partial charge in [-0.25, -0.2) is 9.97 Å². The average Bonchev–Trinajstić information content (AvgIpc) is 2.67. The Morgan fingerprint density at radius 2 is 2.00 bits per heavy atom. The first-order valence-electron chi connectivity index (χ1n) is 9.28. The van der Waals surface area contributed by atoms with Crippen LogP contribution in [0.3, 0.4) is 0 Å². The fraction of sp³-hybridized carbons (Fsp3) is 0.500. The van der Waals surface area contributed by atoms with E-state index in [2.05, 4.69) is 28.3 Å². The summed E-state index contributed by atoms with van der Waals surface area (Å²) in [5, 5.41) is 3.39. The van der Waals surface area contributed by atoms with E-state index in [0.717, 1.165) is 67.2 Å². The maximum absolute atomic E-state index is 6.12. The smallest absolute Gasteiger partial charge is 0.220 e. The maximum atomic E-state index is 6.12. The van der Waals surface area contributed by atoms with Crippen LogP contribution in [0.25, 0.3) is 11.3 Å². The van der Waals surface area contributed by atoms with E-state index in [1.807, 2.05) is 18.2 Å². The zero-order chi connectivity index (χ0) is 18.4. The van der Waals surface area contributed by atoms with Crippen molar-refractivity contribution in [2.24, 2.45) is 5.92 Å². The Morgan fingerprint density at radius 1 is 1.19 bits per heavy atom. The third kappa shape index (κ3) is 4.71. The molecule has 0 aliphatic carbocycles. The molecule has 140 valence electrons. The molecule has 1 fully saturated rings. The van der Waals surface area contributed by atoms with Crippen molar-refractivity contribution in [2.45, 2.75) is 32.8 Å². The molecule has 0 bridgehead atoms. The van der Waals surface area contributed by atoms with Gasteiger partial charge in [-0.2, -0.15) is 0 Å². The fourth-order valence-corrected chi connectivity index (χ4v) is 3.25. The van der Waals surface area contributed by atoms with Crippen molar-refractivity contribution in [3.63, 3.8) is 0 Å². The number of nitrogens with zero attached hydrogens (tertiary/aromatic N) is 2. The standard InChI is InChI=1S/C20H28N4O2/c1-3-17-11-18(24-20(21)23-17)15-4-5-19(16(10-15)13-25-2)26-12-14-6-8-22-9-7-14/h4-5,10-11,14,22H,3,6-9,12-13H2,1-2H3,(H2,21,23,24). The minimum absolute atomic E-state index is 0.305. The highest BCUT2D eigenvalue weighted by atomic mass is 16.5. The van der Waals surface area contributed by atoms with Crippen molar-refractivity contribution in [1.82, 2.24) is 15.3 Å². The van der Waals surface area contributed by atoms with Crippen LogP contribution in [0, 0.1) is 5.92 Å².